The number of esters is 1. The van der Waals surface area contributed by atoms with E-state index in [1.54, 1.807) is 31.2 Å². The first-order valence-corrected chi connectivity index (χ1v) is 9.45. The number of hydrogen-bond acceptors (Lipinski definition) is 8. The lowest BCUT2D eigenvalue weighted by molar-refractivity contribution is -0.384. The van der Waals surface area contributed by atoms with Gasteiger partial charge in [-0.1, -0.05) is 0 Å². The van der Waals surface area contributed by atoms with Gasteiger partial charge in [0.25, 0.3) is 11.4 Å². The first-order chi connectivity index (χ1) is 15.3. The minimum absolute atomic E-state index is 0.0161. The molecule has 0 bridgehead atoms. The van der Waals surface area contributed by atoms with Crippen molar-refractivity contribution in [3.8, 4) is 5.75 Å². The summed E-state index contributed by atoms with van der Waals surface area (Å²) >= 11 is 0. The van der Waals surface area contributed by atoms with Crippen LogP contribution in [0.25, 0.3) is 0 Å². The Morgan fingerprint density at radius 2 is 1.78 bits per heavy atom. The molecule has 12 nitrogen and oxygen atoms in total. The number of nitro benzene ring substituents is 1. The standard InChI is InChI=1S/C20H17N5O7/c1-3-32-17(26)20(13-6-8-14(9-7-13)25(29)30)22-16(12-4-10-15(31-2)11-5-12)23-18(27)21-19(28)24(20)23/h4-11H,3H2,1-2H3,(H,21,27,28). The molecule has 1 atom stereocenters. The van der Waals surface area contributed by atoms with Crippen LogP contribution in [0.2, 0.25) is 0 Å². The number of hydrogen-bond donors (Lipinski definition) is 1. The number of carbonyl (C=O) groups excluding carboxylic acids is 1. The molecule has 1 aliphatic heterocycles. The number of nitrogens with one attached hydrogen (secondary N) is 1. The highest BCUT2D eigenvalue weighted by Gasteiger charge is 2.52. The second-order valence-electron chi connectivity index (χ2n) is 6.72. The third kappa shape index (κ3) is 3.00. The molecule has 12 heteroatoms. The van der Waals surface area contributed by atoms with E-state index < -0.39 is 27.9 Å². The maximum absolute atomic E-state index is 13.2. The zero-order chi connectivity index (χ0) is 23.0. The Labute approximate surface area is 179 Å². The topological polar surface area (TPSA) is 151 Å². The van der Waals surface area contributed by atoms with Crippen LogP contribution < -0.4 is 16.1 Å². The predicted molar refractivity (Wildman–Crippen MR) is 111 cm³/mol. The van der Waals surface area contributed by atoms with E-state index in [1.165, 1.54) is 31.4 Å². The van der Waals surface area contributed by atoms with E-state index in [4.69, 9.17) is 9.47 Å². The van der Waals surface area contributed by atoms with E-state index in [-0.39, 0.29) is 23.7 Å². The molecular weight excluding hydrogens is 422 g/mol. The molecule has 0 saturated carbocycles. The van der Waals surface area contributed by atoms with Gasteiger partial charge in [-0.15, -0.1) is 0 Å². The Bertz CT molecular complexity index is 1350. The van der Waals surface area contributed by atoms with Crippen molar-refractivity contribution in [2.45, 2.75) is 12.6 Å². The van der Waals surface area contributed by atoms with Crippen molar-refractivity contribution < 1.29 is 19.2 Å². The van der Waals surface area contributed by atoms with Gasteiger partial charge in [0.1, 0.15) is 5.75 Å². The molecule has 0 saturated heterocycles. The van der Waals surface area contributed by atoms with E-state index in [0.29, 0.717) is 11.3 Å². The average molecular weight is 439 g/mol. The van der Waals surface area contributed by atoms with Crippen LogP contribution in [0, 0.1) is 10.1 Å². The third-order valence-corrected chi connectivity index (χ3v) is 4.96. The Kier molecular flexibility index (Phi) is 4.97. The van der Waals surface area contributed by atoms with Gasteiger partial charge in [0.15, 0.2) is 5.84 Å². The lowest BCUT2D eigenvalue weighted by Crippen LogP contribution is -2.47. The quantitative estimate of drug-likeness (QED) is 0.339. The average Bonchev–Trinajstić information content (AvgIpc) is 3.31. The number of aromatic nitrogens is 3. The Balaban J connectivity index is 2.03. The summed E-state index contributed by atoms with van der Waals surface area (Å²) < 4.78 is 12.2. The van der Waals surface area contributed by atoms with Crippen LogP contribution >= 0.6 is 0 Å². The minimum atomic E-state index is -2.10. The summed E-state index contributed by atoms with van der Waals surface area (Å²) in [7, 11) is 1.50. The number of methoxy groups -OCH3 is 1. The molecule has 0 aliphatic carbocycles. The van der Waals surface area contributed by atoms with Crippen LogP contribution in [-0.2, 0) is 15.2 Å². The highest BCUT2D eigenvalue weighted by Crippen LogP contribution is 2.34. The number of ether oxygens (including phenoxy) is 2. The molecule has 4 rings (SSSR count). The summed E-state index contributed by atoms with van der Waals surface area (Å²) in [5.41, 5.74) is -3.49. The lowest BCUT2D eigenvalue weighted by atomic mass is 9.99. The van der Waals surface area contributed by atoms with E-state index in [2.05, 4.69) is 9.98 Å². The Morgan fingerprint density at radius 1 is 1.12 bits per heavy atom. The van der Waals surface area contributed by atoms with E-state index in [1.807, 2.05) is 0 Å². The van der Waals surface area contributed by atoms with E-state index in [0.717, 1.165) is 9.36 Å². The number of aliphatic imine (C=N–C) groups is 1. The molecule has 0 radical (unpaired) electrons. The van der Waals surface area contributed by atoms with E-state index >= 15 is 0 Å². The summed E-state index contributed by atoms with van der Waals surface area (Å²) in [6.07, 6.45) is 0. The Hall–Kier alpha value is -4.48. The van der Waals surface area contributed by atoms with Crippen LogP contribution in [0.4, 0.5) is 5.69 Å². The summed E-state index contributed by atoms with van der Waals surface area (Å²) in [4.78, 5) is 55.7. The number of nitrogens with zero attached hydrogens (tertiary/aromatic N) is 4. The fourth-order valence-electron chi connectivity index (χ4n) is 3.52. The van der Waals surface area contributed by atoms with Crippen molar-refractivity contribution in [2.24, 2.45) is 4.99 Å². The van der Waals surface area contributed by atoms with Gasteiger partial charge < -0.3 is 9.47 Å². The number of aromatic amines is 1. The van der Waals surface area contributed by atoms with Crippen LogP contribution in [0.15, 0.2) is 63.1 Å². The number of non-ortho nitro benzene ring substituents is 1. The van der Waals surface area contributed by atoms with Gasteiger partial charge in [-0.3, -0.25) is 15.1 Å². The van der Waals surface area contributed by atoms with Crippen molar-refractivity contribution >= 4 is 17.5 Å². The lowest BCUT2D eigenvalue weighted by Gasteiger charge is -2.24. The van der Waals surface area contributed by atoms with Crippen LogP contribution in [0.5, 0.6) is 5.75 Å². The van der Waals surface area contributed by atoms with Crippen molar-refractivity contribution in [2.75, 3.05) is 13.7 Å². The van der Waals surface area contributed by atoms with Gasteiger partial charge in [0, 0.05) is 23.3 Å². The van der Waals surface area contributed by atoms with Crippen molar-refractivity contribution in [1.82, 2.24) is 14.3 Å². The maximum Gasteiger partial charge on any atom is 0.362 e. The summed E-state index contributed by atoms with van der Waals surface area (Å²) in [5.74, 6) is -0.354. The molecule has 1 aromatic heterocycles. The number of fused-ring (bicyclic) bond motifs is 1. The molecule has 1 N–H and O–H groups in total. The van der Waals surface area contributed by atoms with Gasteiger partial charge in [-0.05, 0) is 43.3 Å². The molecule has 2 aromatic carbocycles. The monoisotopic (exact) mass is 439 g/mol. The largest absolute Gasteiger partial charge is 0.497 e. The number of benzene rings is 2. The summed E-state index contributed by atoms with van der Waals surface area (Å²) in [6, 6.07) is 11.4. The number of rotatable bonds is 6. The zero-order valence-electron chi connectivity index (χ0n) is 17.0. The first-order valence-electron chi connectivity index (χ1n) is 9.45. The fraction of sp³-hybridized carbons (Fsp3) is 0.200. The minimum Gasteiger partial charge on any atom is -0.497 e. The smallest absolute Gasteiger partial charge is 0.362 e. The third-order valence-electron chi connectivity index (χ3n) is 4.96. The van der Waals surface area contributed by atoms with Crippen molar-refractivity contribution in [3.63, 3.8) is 0 Å². The van der Waals surface area contributed by atoms with Gasteiger partial charge in [-0.2, -0.15) is 9.36 Å². The Morgan fingerprint density at radius 3 is 2.34 bits per heavy atom. The van der Waals surface area contributed by atoms with Gasteiger partial charge >= 0.3 is 17.3 Å². The summed E-state index contributed by atoms with van der Waals surface area (Å²) in [5, 5.41) is 11.1. The molecule has 32 heavy (non-hydrogen) atoms. The van der Waals surface area contributed by atoms with E-state index in [9.17, 15) is 24.5 Å². The molecule has 164 valence electrons. The van der Waals surface area contributed by atoms with Crippen LogP contribution in [0.3, 0.4) is 0 Å². The maximum atomic E-state index is 13.2. The van der Waals surface area contributed by atoms with Crippen LogP contribution in [-0.4, -0.2) is 44.8 Å². The molecule has 0 amide bonds. The fourth-order valence-corrected chi connectivity index (χ4v) is 3.52. The number of H-pyrrole nitrogens is 1. The van der Waals surface area contributed by atoms with Gasteiger partial charge in [-0.25, -0.2) is 19.4 Å². The second kappa shape index (κ2) is 7.65. The van der Waals surface area contributed by atoms with Gasteiger partial charge in [0.2, 0.25) is 0 Å². The molecule has 0 fully saturated rings. The highest BCUT2D eigenvalue weighted by molar-refractivity contribution is 6.03. The zero-order valence-corrected chi connectivity index (χ0v) is 17.0. The van der Waals surface area contributed by atoms with Gasteiger partial charge in [0.05, 0.1) is 18.6 Å². The van der Waals surface area contributed by atoms with Crippen LogP contribution in [0.1, 0.15) is 18.1 Å². The molecule has 1 aliphatic rings. The second-order valence-corrected chi connectivity index (χ2v) is 6.72. The number of carbonyl (C=O) groups is 1. The normalized spacial score (nSPS) is 16.9. The first kappa shape index (κ1) is 20.8. The molecule has 0 spiro atoms. The van der Waals surface area contributed by atoms with Crippen molar-refractivity contribution in [1.29, 1.82) is 0 Å². The van der Waals surface area contributed by atoms with Crippen molar-refractivity contribution in [3.05, 3.63) is 90.7 Å². The molecule has 2 heterocycles. The summed E-state index contributed by atoms with van der Waals surface area (Å²) in [6.45, 7) is 1.56. The highest BCUT2D eigenvalue weighted by atomic mass is 16.6. The number of nitro groups is 1. The molecule has 3 aromatic rings. The predicted octanol–water partition coefficient (Wildman–Crippen LogP) is 0.828. The molecular formula is C20H17N5O7. The SMILES string of the molecule is CCOC(=O)C1(c2ccc([N+](=O)[O-])cc2)N=C(c2ccc(OC)cc2)n2c(=O)[nH]c(=O)n21. The molecule has 1 unspecified atom stereocenters.